The molecule has 0 unspecified atom stereocenters. The number of hydrogen-bond acceptors (Lipinski definition) is 7. The van der Waals surface area contributed by atoms with E-state index in [0.717, 1.165) is 27.6 Å². The van der Waals surface area contributed by atoms with Crippen LogP contribution in [0.25, 0.3) is 33.7 Å². The number of aryl methyl sites for hydroxylation is 1. The molecule has 0 saturated heterocycles. The second-order valence-electron chi connectivity index (χ2n) is 6.84. The van der Waals surface area contributed by atoms with E-state index in [1.54, 1.807) is 33.3 Å². The third-order valence-electron chi connectivity index (χ3n) is 5.00. The van der Waals surface area contributed by atoms with Crippen molar-refractivity contribution in [3.8, 4) is 34.3 Å². The second kappa shape index (κ2) is 8.91. The van der Waals surface area contributed by atoms with Crippen molar-refractivity contribution in [2.45, 2.75) is 19.8 Å². The Morgan fingerprint density at radius 2 is 1.97 bits per heavy atom. The summed E-state index contributed by atoms with van der Waals surface area (Å²) in [6.45, 7) is 2.19. The number of para-hydroxylation sites is 1. The third-order valence-corrected chi connectivity index (χ3v) is 5.00. The molecule has 0 spiro atoms. The van der Waals surface area contributed by atoms with E-state index in [0.29, 0.717) is 42.7 Å². The minimum atomic E-state index is -0.203. The lowest BCUT2D eigenvalue weighted by atomic mass is 10.1. The van der Waals surface area contributed by atoms with Crippen molar-refractivity contribution in [3.05, 3.63) is 48.2 Å². The molecule has 160 valence electrons. The van der Waals surface area contributed by atoms with Crippen LogP contribution in [0.1, 0.15) is 18.9 Å². The van der Waals surface area contributed by atoms with Crippen molar-refractivity contribution in [3.63, 3.8) is 0 Å². The number of hydrogen-bond donors (Lipinski definition) is 1. The first-order valence-corrected chi connectivity index (χ1v) is 9.95. The fourth-order valence-corrected chi connectivity index (χ4v) is 3.49. The summed E-state index contributed by atoms with van der Waals surface area (Å²) in [4.78, 5) is 19.6. The summed E-state index contributed by atoms with van der Waals surface area (Å²) in [7, 11) is 3.16. The minimum Gasteiger partial charge on any atom is -0.493 e. The number of H-pyrrole nitrogens is 1. The van der Waals surface area contributed by atoms with Crippen LogP contribution in [-0.2, 0) is 16.0 Å². The molecular formula is C23H23N3O5. The van der Waals surface area contributed by atoms with Crippen LogP contribution in [0.3, 0.4) is 0 Å². The third kappa shape index (κ3) is 4.09. The molecule has 8 nitrogen and oxygen atoms in total. The van der Waals surface area contributed by atoms with Gasteiger partial charge in [-0.15, -0.1) is 0 Å². The van der Waals surface area contributed by atoms with E-state index in [4.69, 9.17) is 18.7 Å². The van der Waals surface area contributed by atoms with Gasteiger partial charge in [0.15, 0.2) is 11.5 Å². The number of aromatic amines is 1. The van der Waals surface area contributed by atoms with E-state index >= 15 is 0 Å². The van der Waals surface area contributed by atoms with E-state index < -0.39 is 0 Å². The maximum Gasteiger partial charge on any atom is 0.306 e. The molecule has 1 N–H and O–H groups in total. The van der Waals surface area contributed by atoms with Crippen LogP contribution in [0.15, 0.2) is 47.1 Å². The van der Waals surface area contributed by atoms with Crippen LogP contribution in [0.5, 0.6) is 11.5 Å². The van der Waals surface area contributed by atoms with Crippen molar-refractivity contribution in [2.75, 3.05) is 20.8 Å². The van der Waals surface area contributed by atoms with Crippen molar-refractivity contribution in [1.82, 2.24) is 15.1 Å². The number of rotatable bonds is 8. The predicted octanol–water partition coefficient (Wildman–Crippen LogP) is 4.40. The van der Waals surface area contributed by atoms with Crippen LogP contribution in [0.2, 0.25) is 0 Å². The molecule has 31 heavy (non-hydrogen) atoms. The topological polar surface area (TPSA) is 99.5 Å². The zero-order chi connectivity index (χ0) is 21.8. The summed E-state index contributed by atoms with van der Waals surface area (Å²) >= 11 is 0. The fraction of sp³-hybridized carbons (Fsp3) is 0.261. The lowest BCUT2D eigenvalue weighted by Gasteiger charge is -2.07. The number of carbonyl (C=O) groups is 1. The molecule has 2 aromatic heterocycles. The van der Waals surface area contributed by atoms with Crippen LogP contribution < -0.4 is 9.47 Å². The van der Waals surface area contributed by atoms with Crippen molar-refractivity contribution >= 4 is 16.9 Å². The quantitative estimate of drug-likeness (QED) is 0.421. The molecule has 0 bridgehead atoms. The highest BCUT2D eigenvalue weighted by atomic mass is 16.5. The molecule has 0 radical (unpaired) electrons. The van der Waals surface area contributed by atoms with Crippen LogP contribution in [0, 0.1) is 0 Å². The summed E-state index contributed by atoms with van der Waals surface area (Å²) in [5.41, 5.74) is 3.47. The molecule has 0 saturated carbocycles. The molecule has 2 heterocycles. The molecule has 4 aromatic rings. The first-order valence-electron chi connectivity index (χ1n) is 9.95. The van der Waals surface area contributed by atoms with Crippen molar-refractivity contribution < 1.29 is 23.5 Å². The molecular weight excluding hydrogens is 398 g/mol. The van der Waals surface area contributed by atoms with Gasteiger partial charge in [0.05, 0.1) is 26.3 Å². The van der Waals surface area contributed by atoms with E-state index in [9.17, 15) is 4.79 Å². The first kappa shape index (κ1) is 20.5. The molecule has 0 amide bonds. The van der Waals surface area contributed by atoms with Crippen molar-refractivity contribution in [1.29, 1.82) is 0 Å². The Hall–Kier alpha value is -3.81. The number of benzene rings is 2. The second-order valence-corrected chi connectivity index (χ2v) is 6.84. The van der Waals surface area contributed by atoms with Gasteiger partial charge < -0.3 is 23.7 Å². The zero-order valence-corrected chi connectivity index (χ0v) is 17.6. The number of methoxy groups -OCH3 is 2. The number of esters is 1. The fourth-order valence-electron chi connectivity index (χ4n) is 3.49. The van der Waals surface area contributed by atoms with E-state index in [1.807, 2.05) is 30.5 Å². The van der Waals surface area contributed by atoms with Gasteiger partial charge in [-0.1, -0.05) is 17.3 Å². The number of ether oxygens (including phenoxy) is 3. The average Bonchev–Trinajstić information content (AvgIpc) is 3.45. The predicted molar refractivity (Wildman–Crippen MR) is 115 cm³/mol. The Morgan fingerprint density at radius 3 is 2.74 bits per heavy atom. The standard InChI is InChI=1S/C23H23N3O5/c1-4-30-20(27)11-9-15-13-24-21-16(15)6-5-7-17(21)22-25-23(31-26-22)14-8-10-18(28-2)19(12-14)29-3/h5-8,10,12-13,24H,4,9,11H2,1-3H3. The molecule has 0 aliphatic heterocycles. The first-order chi connectivity index (χ1) is 15.1. The Labute approximate surface area is 179 Å². The Morgan fingerprint density at radius 1 is 1.13 bits per heavy atom. The van der Waals surface area contributed by atoms with Gasteiger partial charge in [-0.05, 0) is 43.2 Å². The van der Waals surface area contributed by atoms with E-state index in [2.05, 4.69) is 15.1 Å². The van der Waals surface area contributed by atoms with Gasteiger partial charge in [-0.2, -0.15) is 4.98 Å². The summed E-state index contributed by atoms with van der Waals surface area (Å²) in [5, 5.41) is 5.18. The molecule has 4 rings (SSSR count). The van der Waals surface area contributed by atoms with Crippen LogP contribution in [-0.4, -0.2) is 41.9 Å². The summed E-state index contributed by atoms with van der Waals surface area (Å²) in [6.07, 6.45) is 2.82. The van der Waals surface area contributed by atoms with Gasteiger partial charge >= 0.3 is 5.97 Å². The van der Waals surface area contributed by atoms with Crippen LogP contribution in [0.4, 0.5) is 0 Å². The molecule has 0 atom stereocenters. The lowest BCUT2D eigenvalue weighted by molar-refractivity contribution is -0.143. The Balaban J connectivity index is 1.63. The number of aromatic nitrogens is 3. The van der Waals surface area contributed by atoms with E-state index in [1.165, 1.54) is 0 Å². The van der Waals surface area contributed by atoms with Gasteiger partial charge in [0.2, 0.25) is 5.82 Å². The molecule has 0 aliphatic rings. The average molecular weight is 421 g/mol. The maximum absolute atomic E-state index is 11.7. The number of nitrogens with zero attached hydrogens (tertiary/aromatic N) is 2. The molecule has 0 fully saturated rings. The molecule has 0 aliphatic carbocycles. The number of carbonyl (C=O) groups excluding carboxylic acids is 1. The monoisotopic (exact) mass is 421 g/mol. The largest absolute Gasteiger partial charge is 0.493 e. The molecule has 8 heteroatoms. The highest BCUT2D eigenvalue weighted by molar-refractivity contribution is 5.94. The smallest absolute Gasteiger partial charge is 0.306 e. The van der Waals surface area contributed by atoms with Gasteiger partial charge in [0, 0.05) is 29.1 Å². The number of fused-ring (bicyclic) bond motifs is 1. The van der Waals surface area contributed by atoms with E-state index in [-0.39, 0.29) is 5.97 Å². The molecule has 2 aromatic carbocycles. The van der Waals surface area contributed by atoms with Gasteiger partial charge in [0.1, 0.15) is 0 Å². The van der Waals surface area contributed by atoms with Gasteiger partial charge in [-0.25, -0.2) is 0 Å². The highest BCUT2D eigenvalue weighted by Gasteiger charge is 2.17. The van der Waals surface area contributed by atoms with Gasteiger partial charge in [-0.3, -0.25) is 4.79 Å². The maximum atomic E-state index is 11.7. The number of nitrogens with one attached hydrogen (secondary N) is 1. The Kier molecular flexibility index (Phi) is 5.88. The lowest BCUT2D eigenvalue weighted by Crippen LogP contribution is -2.04. The van der Waals surface area contributed by atoms with Crippen molar-refractivity contribution in [2.24, 2.45) is 0 Å². The summed E-state index contributed by atoms with van der Waals surface area (Å²) < 4.78 is 21.2. The Bertz CT molecular complexity index is 1210. The minimum absolute atomic E-state index is 0.203. The highest BCUT2D eigenvalue weighted by Crippen LogP contribution is 2.34. The van der Waals surface area contributed by atoms with Crippen LogP contribution >= 0.6 is 0 Å². The van der Waals surface area contributed by atoms with Gasteiger partial charge in [0.25, 0.3) is 5.89 Å². The summed E-state index contributed by atoms with van der Waals surface area (Å²) in [6, 6.07) is 11.3. The SMILES string of the molecule is CCOC(=O)CCc1c[nH]c2c(-c3noc(-c4ccc(OC)c(OC)c4)n3)cccc12. The zero-order valence-electron chi connectivity index (χ0n) is 17.6. The summed E-state index contributed by atoms with van der Waals surface area (Å²) in [5.74, 6) is 1.84. The normalized spacial score (nSPS) is 10.9.